The van der Waals surface area contributed by atoms with E-state index in [9.17, 15) is 5.11 Å². The Morgan fingerprint density at radius 1 is 1.11 bits per heavy atom. The van der Waals surface area contributed by atoms with Crippen molar-refractivity contribution in [2.75, 3.05) is 32.9 Å². The average molecular weight is 263 g/mol. The lowest BCUT2D eigenvalue weighted by Crippen LogP contribution is -2.32. The molecule has 2 N–H and O–H groups in total. The van der Waals surface area contributed by atoms with Crippen molar-refractivity contribution in [2.45, 2.75) is 24.7 Å². The van der Waals surface area contributed by atoms with Crippen LogP contribution in [0.5, 0.6) is 11.5 Å². The number of hydrogen-bond acceptors (Lipinski definition) is 4. The summed E-state index contributed by atoms with van der Waals surface area (Å²) in [6.45, 7) is 3.39. The lowest BCUT2D eigenvalue weighted by Gasteiger charge is -2.32. The van der Waals surface area contributed by atoms with Crippen LogP contribution < -0.4 is 14.8 Å². The van der Waals surface area contributed by atoms with Crippen molar-refractivity contribution in [2.24, 2.45) is 0 Å². The monoisotopic (exact) mass is 263 g/mol. The Hall–Kier alpha value is -1.26. The van der Waals surface area contributed by atoms with Gasteiger partial charge in [-0.15, -0.1) is 0 Å². The largest absolute Gasteiger partial charge is 0.486 e. The van der Waals surface area contributed by atoms with E-state index < -0.39 is 0 Å². The summed E-state index contributed by atoms with van der Waals surface area (Å²) in [5.41, 5.74) is 1.03. The molecule has 1 unspecified atom stereocenters. The van der Waals surface area contributed by atoms with E-state index in [0.29, 0.717) is 13.2 Å². The molecule has 1 fully saturated rings. The summed E-state index contributed by atoms with van der Waals surface area (Å²) >= 11 is 0. The fraction of sp³-hybridized carbons (Fsp3) is 0.600. The minimum absolute atomic E-state index is 0.140. The first-order valence-corrected chi connectivity index (χ1v) is 7.06. The van der Waals surface area contributed by atoms with E-state index in [1.165, 1.54) is 5.56 Å². The minimum atomic E-state index is -0.140. The summed E-state index contributed by atoms with van der Waals surface area (Å²) in [6, 6.07) is 6.10. The van der Waals surface area contributed by atoms with Crippen molar-refractivity contribution >= 4 is 0 Å². The van der Waals surface area contributed by atoms with Gasteiger partial charge in [-0.2, -0.15) is 0 Å². The van der Waals surface area contributed by atoms with Gasteiger partial charge < -0.3 is 19.9 Å². The summed E-state index contributed by atoms with van der Waals surface area (Å²) in [4.78, 5) is 0. The topological polar surface area (TPSA) is 50.7 Å². The summed E-state index contributed by atoms with van der Waals surface area (Å²) in [7, 11) is 0. The third-order valence-corrected chi connectivity index (χ3v) is 4.25. The zero-order valence-corrected chi connectivity index (χ0v) is 11.2. The molecule has 2 heterocycles. The molecule has 3 rings (SSSR count). The molecule has 1 atom stereocenters. The highest BCUT2D eigenvalue weighted by molar-refractivity contribution is 5.46. The minimum Gasteiger partial charge on any atom is -0.486 e. The Labute approximate surface area is 113 Å². The van der Waals surface area contributed by atoms with Gasteiger partial charge in [0, 0.05) is 5.41 Å². The molecule has 2 aliphatic heterocycles. The average Bonchev–Trinajstić information content (AvgIpc) is 2.73. The van der Waals surface area contributed by atoms with Crippen molar-refractivity contribution in [3.8, 4) is 11.5 Å². The highest BCUT2D eigenvalue weighted by atomic mass is 16.6. The van der Waals surface area contributed by atoms with E-state index in [1.807, 2.05) is 6.07 Å². The smallest absolute Gasteiger partial charge is 0.161 e. The van der Waals surface area contributed by atoms with E-state index in [2.05, 4.69) is 17.4 Å². The third kappa shape index (κ3) is 2.42. The maximum absolute atomic E-state index is 9.92. The van der Waals surface area contributed by atoms with Crippen LogP contribution in [0.2, 0.25) is 0 Å². The number of aliphatic hydroxyl groups is 1. The van der Waals surface area contributed by atoms with Gasteiger partial charge in [0.2, 0.25) is 0 Å². The second-order valence-electron chi connectivity index (χ2n) is 5.40. The standard InChI is InChI=1S/C15H21NO3/c17-11-15(4-1-6-16-7-5-15)12-2-3-13-14(10-12)19-9-8-18-13/h2-3,10,16-17H,1,4-9,11H2. The van der Waals surface area contributed by atoms with Crippen LogP contribution >= 0.6 is 0 Å². The Kier molecular flexibility index (Phi) is 3.62. The molecular weight excluding hydrogens is 242 g/mol. The molecular formula is C15H21NO3. The van der Waals surface area contributed by atoms with Crippen molar-refractivity contribution < 1.29 is 14.6 Å². The van der Waals surface area contributed by atoms with Gasteiger partial charge in [-0.25, -0.2) is 0 Å². The van der Waals surface area contributed by atoms with Crippen molar-refractivity contribution in [3.63, 3.8) is 0 Å². The van der Waals surface area contributed by atoms with Crippen molar-refractivity contribution in [1.82, 2.24) is 5.32 Å². The molecule has 0 aliphatic carbocycles. The summed E-state index contributed by atoms with van der Waals surface area (Å²) < 4.78 is 11.2. The second kappa shape index (κ2) is 5.39. The number of ether oxygens (including phenoxy) is 2. The molecule has 0 saturated carbocycles. The third-order valence-electron chi connectivity index (χ3n) is 4.25. The Morgan fingerprint density at radius 2 is 1.95 bits per heavy atom. The molecule has 4 nitrogen and oxygen atoms in total. The number of hydrogen-bond donors (Lipinski definition) is 2. The summed E-state index contributed by atoms with van der Waals surface area (Å²) in [6.07, 6.45) is 3.06. The SMILES string of the molecule is OCC1(c2ccc3c(c2)OCCO3)CCCNCC1. The van der Waals surface area contributed by atoms with Gasteiger partial charge in [-0.3, -0.25) is 0 Å². The highest BCUT2D eigenvalue weighted by Crippen LogP contribution is 2.39. The molecule has 19 heavy (non-hydrogen) atoms. The van der Waals surface area contributed by atoms with E-state index in [0.717, 1.165) is 43.9 Å². The number of fused-ring (bicyclic) bond motifs is 1. The first kappa shape index (κ1) is 12.8. The van der Waals surface area contributed by atoms with Gasteiger partial charge >= 0.3 is 0 Å². The Bertz CT molecular complexity index is 439. The van der Waals surface area contributed by atoms with Crippen LogP contribution in [-0.2, 0) is 5.41 Å². The molecule has 0 radical (unpaired) electrons. The van der Waals surface area contributed by atoms with Gasteiger partial charge in [0.25, 0.3) is 0 Å². The Morgan fingerprint density at radius 3 is 2.79 bits per heavy atom. The molecule has 1 aromatic rings. The van der Waals surface area contributed by atoms with E-state index in [4.69, 9.17) is 9.47 Å². The van der Waals surface area contributed by atoms with Gasteiger partial charge in [0.05, 0.1) is 6.61 Å². The number of rotatable bonds is 2. The first-order chi connectivity index (χ1) is 9.34. The molecule has 1 aromatic carbocycles. The normalized spacial score (nSPS) is 26.8. The predicted molar refractivity (Wildman–Crippen MR) is 72.9 cm³/mol. The van der Waals surface area contributed by atoms with Crippen LogP contribution in [0.15, 0.2) is 18.2 Å². The van der Waals surface area contributed by atoms with Gasteiger partial charge in [0.15, 0.2) is 11.5 Å². The summed E-state index contributed by atoms with van der Waals surface area (Å²) in [5, 5.41) is 13.3. The number of benzene rings is 1. The molecule has 104 valence electrons. The number of aliphatic hydroxyl groups excluding tert-OH is 1. The predicted octanol–water partition coefficient (Wildman–Crippen LogP) is 1.46. The fourth-order valence-electron chi connectivity index (χ4n) is 3.04. The molecule has 1 saturated heterocycles. The Balaban J connectivity index is 1.94. The number of nitrogens with one attached hydrogen (secondary N) is 1. The van der Waals surface area contributed by atoms with Crippen LogP contribution in [0.25, 0.3) is 0 Å². The lowest BCUT2D eigenvalue weighted by molar-refractivity contribution is 0.165. The van der Waals surface area contributed by atoms with Gasteiger partial charge in [-0.1, -0.05) is 6.07 Å². The van der Waals surface area contributed by atoms with Crippen molar-refractivity contribution in [1.29, 1.82) is 0 Å². The van der Waals surface area contributed by atoms with Crippen LogP contribution in [0, 0.1) is 0 Å². The van der Waals surface area contributed by atoms with Gasteiger partial charge in [-0.05, 0) is 50.0 Å². The maximum atomic E-state index is 9.92. The molecule has 2 aliphatic rings. The molecule has 0 spiro atoms. The second-order valence-corrected chi connectivity index (χ2v) is 5.40. The van der Waals surface area contributed by atoms with Crippen LogP contribution in [0.1, 0.15) is 24.8 Å². The quantitative estimate of drug-likeness (QED) is 0.848. The highest BCUT2D eigenvalue weighted by Gasteiger charge is 2.33. The molecule has 0 amide bonds. The fourth-order valence-corrected chi connectivity index (χ4v) is 3.04. The van der Waals surface area contributed by atoms with E-state index in [1.54, 1.807) is 0 Å². The molecule has 0 bridgehead atoms. The van der Waals surface area contributed by atoms with Crippen LogP contribution in [0.3, 0.4) is 0 Å². The zero-order valence-electron chi connectivity index (χ0n) is 11.2. The molecule has 4 heteroatoms. The van der Waals surface area contributed by atoms with Gasteiger partial charge in [0.1, 0.15) is 13.2 Å². The van der Waals surface area contributed by atoms with E-state index in [-0.39, 0.29) is 12.0 Å². The lowest BCUT2D eigenvalue weighted by atomic mass is 9.75. The van der Waals surface area contributed by atoms with E-state index >= 15 is 0 Å². The van der Waals surface area contributed by atoms with Crippen LogP contribution in [0.4, 0.5) is 0 Å². The summed E-state index contributed by atoms with van der Waals surface area (Å²) in [5.74, 6) is 1.63. The zero-order chi connectivity index (χ0) is 13.1. The van der Waals surface area contributed by atoms with Crippen molar-refractivity contribution in [3.05, 3.63) is 23.8 Å². The first-order valence-electron chi connectivity index (χ1n) is 7.06. The maximum Gasteiger partial charge on any atom is 0.161 e. The van der Waals surface area contributed by atoms with Crippen LogP contribution in [-0.4, -0.2) is 38.0 Å². The molecule has 0 aromatic heterocycles.